The predicted octanol–water partition coefficient (Wildman–Crippen LogP) is 7.97. The molecule has 2 N–H and O–H groups in total. The summed E-state index contributed by atoms with van der Waals surface area (Å²) in [6.07, 6.45) is 1.08. The number of nitrogens with one attached hydrogen (secondary N) is 2. The van der Waals surface area contributed by atoms with E-state index in [-0.39, 0.29) is 17.0 Å². The van der Waals surface area contributed by atoms with Gasteiger partial charge in [0, 0.05) is 23.0 Å². The van der Waals surface area contributed by atoms with Crippen LogP contribution >= 0.6 is 46.2 Å². The van der Waals surface area contributed by atoms with E-state index in [0.29, 0.717) is 26.6 Å². The van der Waals surface area contributed by atoms with Crippen LogP contribution < -0.4 is 10.6 Å². The maximum absolute atomic E-state index is 14.5. The van der Waals surface area contributed by atoms with E-state index in [0.717, 1.165) is 27.8 Å². The van der Waals surface area contributed by atoms with Crippen LogP contribution in [0.4, 0.5) is 5.13 Å². The minimum absolute atomic E-state index is 0.00302. The fraction of sp³-hybridized carbons (Fsp3) is 0.319. The molecule has 2 amide bonds. The predicted molar refractivity (Wildman–Crippen MR) is 253 cm³/mol. The lowest BCUT2D eigenvalue weighted by molar-refractivity contribution is -0.173. The molecule has 0 spiro atoms. The van der Waals surface area contributed by atoms with Crippen molar-refractivity contribution in [3.8, 4) is 0 Å². The van der Waals surface area contributed by atoms with Crippen molar-refractivity contribution in [2.75, 3.05) is 23.6 Å². The van der Waals surface area contributed by atoms with Crippen LogP contribution in [-0.2, 0) is 43.7 Å². The van der Waals surface area contributed by atoms with Crippen LogP contribution in [-0.4, -0.2) is 85.1 Å². The number of benzene rings is 3. The summed E-state index contributed by atoms with van der Waals surface area (Å²) in [4.78, 5) is 74.4. The molecule has 2 aromatic heterocycles. The molecule has 3 aromatic carbocycles. The Labute approximate surface area is 393 Å². The molecule has 2 atom stereocenters. The number of carbonyl (C=O) groups is 5. The lowest BCUT2D eigenvalue weighted by atomic mass is 9.77. The summed E-state index contributed by atoms with van der Waals surface area (Å²) in [6.45, 7) is 11.4. The molecule has 14 nitrogen and oxygen atoms in total. The van der Waals surface area contributed by atoms with Crippen LogP contribution in [0.5, 0.6) is 0 Å². The number of hydrogen-bond donors (Lipinski definition) is 2. The fourth-order valence-electron chi connectivity index (χ4n) is 7.01. The first-order chi connectivity index (χ1) is 30.9. The Morgan fingerprint density at radius 2 is 1.46 bits per heavy atom. The summed E-state index contributed by atoms with van der Waals surface area (Å²) in [5.74, 6) is -2.91. The maximum Gasteiger partial charge on any atom is 0.357 e. The molecule has 1 saturated heterocycles. The Morgan fingerprint density at radius 1 is 0.862 bits per heavy atom. The van der Waals surface area contributed by atoms with E-state index in [2.05, 4.69) is 20.8 Å². The molecule has 5 aromatic rings. The SMILES string of the molecule is Cc1nnc(SCC2=C(C(=O)OCOC(=O)C(C)(C)C)N3C(=O)C(NC(=O)C(=CC(=O)OC(C)(C)C)c4csc(NC(c5ccccc5)(c5ccccc5)c5ccccc5)n4)[C@@H]3SC2)s1. The lowest BCUT2D eigenvalue weighted by Gasteiger charge is -2.49. The zero-order valence-corrected chi connectivity index (χ0v) is 40.0. The quantitative estimate of drug-likeness (QED) is 0.0258. The highest BCUT2D eigenvalue weighted by molar-refractivity contribution is 8.01. The van der Waals surface area contributed by atoms with E-state index < -0.39 is 64.5 Å². The van der Waals surface area contributed by atoms with Crippen molar-refractivity contribution in [1.82, 2.24) is 25.4 Å². The Kier molecular flexibility index (Phi) is 14.3. The molecular weight excluding hydrogens is 905 g/mol. The highest BCUT2D eigenvalue weighted by Gasteiger charge is 2.55. The molecule has 0 radical (unpaired) electrons. The number of ether oxygens (including phenoxy) is 3. The van der Waals surface area contributed by atoms with Gasteiger partial charge in [-0.1, -0.05) is 114 Å². The summed E-state index contributed by atoms with van der Waals surface area (Å²) in [5.41, 5.74) is 0.835. The topological polar surface area (TPSA) is 179 Å². The van der Waals surface area contributed by atoms with Crippen molar-refractivity contribution in [2.24, 2.45) is 5.41 Å². The van der Waals surface area contributed by atoms with Crippen LogP contribution in [0.15, 0.2) is 118 Å². The number of thiazole rings is 1. The lowest BCUT2D eigenvalue weighted by Crippen LogP contribution is -2.70. The molecule has 7 rings (SSSR count). The second-order valence-electron chi connectivity index (χ2n) is 17.0. The second kappa shape index (κ2) is 19.7. The number of aromatic nitrogens is 3. The average molecular weight is 953 g/mol. The number of hydrogen-bond acceptors (Lipinski definition) is 16. The maximum atomic E-state index is 14.5. The smallest absolute Gasteiger partial charge is 0.357 e. The van der Waals surface area contributed by atoms with E-state index in [1.807, 2.05) is 97.9 Å². The number of fused-ring (bicyclic) bond motifs is 1. The number of β-lactam (4-membered cyclic amide) rings is 1. The summed E-state index contributed by atoms with van der Waals surface area (Å²) < 4.78 is 16.9. The molecule has 2 aliphatic rings. The van der Waals surface area contributed by atoms with E-state index in [1.165, 1.54) is 51.1 Å². The van der Waals surface area contributed by atoms with Gasteiger partial charge >= 0.3 is 17.9 Å². The average Bonchev–Trinajstić information content (AvgIpc) is 3.93. The summed E-state index contributed by atoms with van der Waals surface area (Å²) in [5, 5.41) is 17.0. The number of esters is 3. The molecule has 4 heterocycles. The molecule has 18 heteroatoms. The van der Waals surface area contributed by atoms with Gasteiger partial charge in [0.1, 0.15) is 33.3 Å². The molecule has 2 aliphatic heterocycles. The molecule has 0 saturated carbocycles. The summed E-state index contributed by atoms with van der Waals surface area (Å²) >= 11 is 5.37. The van der Waals surface area contributed by atoms with Crippen molar-refractivity contribution < 1.29 is 38.2 Å². The first-order valence-electron chi connectivity index (χ1n) is 20.5. The minimum Gasteiger partial charge on any atom is -0.457 e. The van der Waals surface area contributed by atoms with Crippen LogP contribution in [0.2, 0.25) is 0 Å². The van der Waals surface area contributed by atoms with Crippen molar-refractivity contribution in [2.45, 2.75) is 75.4 Å². The zero-order valence-electron chi connectivity index (χ0n) is 36.8. The van der Waals surface area contributed by atoms with Crippen LogP contribution in [0.3, 0.4) is 0 Å². The van der Waals surface area contributed by atoms with E-state index >= 15 is 0 Å². The number of aryl methyl sites for hydroxylation is 1. The van der Waals surface area contributed by atoms with Gasteiger partial charge in [0.15, 0.2) is 9.47 Å². The molecule has 0 bridgehead atoms. The van der Waals surface area contributed by atoms with Gasteiger partial charge in [-0.05, 0) is 70.7 Å². The Bertz CT molecular complexity index is 2520. The van der Waals surface area contributed by atoms with Gasteiger partial charge in [-0.15, -0.1) is 33.3 Å². The third kappa shape index (κ3) is 10.8. The molecule has 65 heavy (non-hydrogen) atoms. The number of anilines is 1. The van der Waals surface area contributed by atoms with Gasteiger partial charge in [0.05, 0.1) is 16.7 Å². The minimum atomic E-state index is -1.09. The van der Waals surface area contributed by atoms with Gasteiger partial charge in [-0.25, -0.2) is 14.6 Å². The molecular formula is C47H48N6O8S4. The van der Waals surface area contributed by atoms with Crippen LogP contribution in [0, 0.1) is 12.3 Å². The largest absolute Gasteiger partial charge is 0.457 e. The molecule has 0 aliphatic carbocycles. The molecule has 1 unspecified atom stereocenters. The number of thioether (sulfide) groups is 2. The Morgan fingerprint density at radius 3 is 2.00 bits per heavy atom. The fourth-order valence-corrected chi connectivity index (χ4v) is 11.1. The van der Waals surface area contributed by atoms with Gasteiger partial charge in [0.2, 0.25) is 6.79 Å². The summed E-state index contributed by atoms with van der Waals surface area (Å²) in [6, 6.07) is 28.8. The van der Waals surface area contributed by atoms with Gasteiger partial charge in [-0.2, -0.15) is 0 Å². The van der Waals surface area contributed by atoms with Crippen molar-refractivity contribution in [3.05, 3.63) is 141 Å². The number of nitrogens with zero attached hydrogens (tertiary/aromatic N) is 4. The monoisotopic (exact) mass is 952 g/mol. The van der Waals surface area contributed by atoms with E-state index in [9.17, 15) is 24.0 Å². The standard InChI is InChI=1S/C47H48N6O8S4/c1-28-51-52-44(65-28)64-25-29-24-62-40-36(39(56)53(40)37(29)41(57)59-27-60-42(58)45(2,3)4)49-38(55)33(23-35(54)61-46(5,6)7)34-26-63-43(48-34)50-47(30-17-11-8-12-18-30,31-19-13-9-14-20-31)32-21-15-10-16-22-32/h8-23,26,36,40H,24-25,27H2,1-7H3,(H,48,50)(H,49,55)/t36?,40-/m0/s1. The second-order valence-corrected chi connectivity index (χ2v) is 21.4. The van der Waals surface area contributed by atoms with E-state index in [1.54, 1.807) is 46.9 Å². The Hall–Kier alpha value is -5.82. The van der Waals surface area contributed by atoms with Crippen molar-refractivity contribution in [3.63, 3.8) is 0 Å². The third-order valence-electron chi connectivity index (χ3n) is 10.0. The molecule has 338 valence electrons. The van der Waals surface area contributed by atoms with Crippen LogP contribution in [0.25, 0.3) is 5.57 Å². The van der Waals surface area contributed by atoms with E-state index in [4.69, 9.17) is 19.2 Å². The van der Waals surface area contributed by atoms with Gasteiger partial charge in [0.25, 0.3) is 11.8 Å². The highest BCUT2D eigenvalue weighted by atomic mass is 32.2. The van der Waals surface area contributed by atoms with Crippen LogP contribution in [0.1, 0.15) is 68.9 Å². The first-order valence-corrected chi connectivity index (χ1v) is 24.3. The highest BCUT2D eigenvalue weighted by Crippen LogP contribution is 2.44. The molecule has 1 fully saturated rings. The number of amides is 2. The number of rotatable bonds is 15. The number of carbonyl (C=O) groups excluding carboxylic acids is 5. The first kappa shape index (κ1) is 47.2. The van der Waals surface area contributed by atoms with Gasteiger partial charge in [-0.3, -0.25) is 19.3 Å². The van der Waals surface area contributed by atoms with Gasteiger partial charge < -0.3 is 24.8 Å². The zero-order chi connectivity index (χ0) is 46.5. The van der Waals surface area contributed by atoms with Crippen molar-refractivity contribution >= 4 is 86.6 Å². The third-order valence-corrected chi connectivity index (χ3v) is 14.2. The van der Waals surface area contributed by atoms with Crippen molar-refractivity contribution in [1.29, 1.82) is 0 Å². The summed E-state index contributed by atoms with van der Waals surface area (Å²) in [7, 11) is 0. The Balaban J connectivity index is 1.18. The normalized spacial score (nSPS) is 16.6.